The Kier molecular flexibility index (Phi) is 14.1. The van der Waals surface area contributed by atoms with E-state index in [1.54, 1.807) is 12.9 Å². The summed E-state index contributed by atoms with van der Waals surface area (Å²) in [5.41, 5.74) is 8.94. The number of nitrogens with two attached hydrogens (primary N) is 1. The number of allylic oxidation sites excluding steroid dienone is 4. The summed E-state index contributed by atoms with van der Waals surface area (Å²) < 4.78 is 0. The van der Waals surface area contributed by atoms with Gasteiger partial charge in [-0.05, 0) is 53.2 Å². The predicted molar refractivity (Wildman–Crippen MR) is 89.0 cm³/mol. The Morgan fingerprint density at radius 1 is 1.37 bits per heavy atom. The minimum Gasteiger partial charge on any atom is -0.399 e. The van der Waals surface area contributed by atoms with Gasteiger partial charge >= 0.3 is 0 Å². The second-order valence-corrected chi connectivity index (χ2v) is 5.67. The Morgan fingerprint density at radius 2 is 1.89 bits per heavy atom. The summed E-state index contributed by atoms with van der Waals surface area (Å²) in [4.78, 5) is 8.99. The lowest BCUT2D eigenvalue weighted by atomic mass is 10.1. The molecule has 2 nitrogen and oxygen atoms in total. The van der Waals surface area contributed by atoms with Gasteiger partial charge in [0.25, 0.3) is 0 Å². The first-order valence-corrected chi connectivity index (χ1v) is 7.45. The van der Waals surface area contributed by atoms with E-state index < -0.39 is 0 Å². The Balaban J connectivity index is 0. The maximum Gasteiger partial charge on any atom is 0.119 e. The van der Waals surface area contributed by atoms with E-state index in [-0.39, 0.29) is 0 Å². The van der Waals surface area contributed by atoms with Crippen LogP contribution >= 0.6 is 11.8 Å². The highest BCUT2D eigenvalue weighted by Crippen LogP contribution is 2.17. The first-order valence-electron chi connectivity index (χ1n) is 6.40. The van der Waals surface area contributed by atoms with Crippen molar-refractivity contribution in [3.8, 4) is 0 Å². The molecule has 1 atom stereocenters. The van der Waals surface area contributed by atoms with Gasteiger partial charge in [-0.15, -0.1) is 0 Å². The number of carbonyl (C=O) groups excluding carboxylic acids is 1. The number of hydrogen-bond donors (Lipinski definition) is 1. The highest BCUT2D eigenvalue weighted by molar-refractivity contribution is 8.00. The van der Waals surface area contributed by atoms with Crippen LogP contribution in [0.15, 0.2) is 41.1 Å². The average molecular weight is 281 g/mol. The van der Waals surface area contributed by atoms with E-state index in [9.17, 15) is 0 Å². The third-order valence-corrected chi connectivity index (χ3v) is 3.44. The van der Waals surface area contributed by atoms with Gasteiger partial charge in [0.1, 0.15) is 5.94 Å². The molecule has 1 unspecified atom stereocenters. The molecule has 1 heterocycles. The molecule has 1 aliphatic heterocycles. The molecule has 0 bridgehead atoms. The molecule has 2 N–H and O–H groups in total. The van der Waals surface area contributed by atoms with E-state index in [1.807, 2.05) is 45.5 Å². The summed E-state index contributed by atoms with van der Waals surface area (Å²) in [6, 6.07) is 0. The van der Waals surface area contributed by atoms with Crippen LogP contribution in [0.3, 0.4) is 0 Å². The molecule has 19 heavy (non-hydrogen) atoms. The van der Waals surface area contributed by atoms with Crippen LogP contribution in [0.4, 0.5) is 0 Å². The summed E-state index contributed by atoms with van der Waals surface area (Å²) in [7, 11) is 0. The molecular formula is C16H27NOS. The van der Waals surface area contributed by atoms with Gasteiger partial charge in [-0.2, -0.15) is 11.8 Å². The van der Waals surface area contributed by atoms with Crippen LogP contribution < -0.4 is 5.73 Å². The van der Waals surface area contributed by atoms with Crippen molar-refractivity contribution in [3.63, 3.8) is 0 Å². The van der Waals surface area contributed by atoms with Crippen LogP contribution in [0.2, 0.25) is 0 Å². The lowest BCUT2D eigenvalue weighted by molar-refractivity contribution is 0.568. The van der Waals surface area contributed by atoms with Gasteiger partial charge in [0.05, 0.1) is 0 Å². The molecule has 3 heteroatoms. The lowest BCUT2D eigenvalue weighted by Crippen LogP contribution is -2.00. The molecule has 0 saturated heterocycles. The highest BCUT2D eigenvalue weighted by Gasteiger charge is 1.99. The van der Waals surface area contributed by atoms with Crippen molar-refractivity contribution in [1.82, 2.24) is 0 Å². The maximum absolute atomic E-state index is 8.99. The smallest absolute Gasteiger partial charge is 0.119 e. The van der Waals surface area contributed by atoms with E-state index in [4.69, 9.17) is 10.5 Å². The molecule has 0 aromatic carbocycles. The Hall–Kier alpha value is -1.18. The van der Waals surface area contributed by atoms with Crippen molar-refractivity contribution in [1.29, 1.82) is 0 Å². The monoisotopic (exact) mass is 281 g/mol. The fraction of sp³-hybridized carbons (Fsp3) is 0.500. The van der Waals surface area contributed by atoms with Gasteiger partial charge in [-0.25, -0.2) is 4.79 Å². The van der Waals surface area contributed by atoms with Gasteiger partial charge in [0, 0.05) is 16.7 Å². The van der Waals surface area contributed by atoms with Gasteiger partial charge in [0.2, 0.25) is 0 Å². The first kappa shape index (κ1) is 20.1. The quantitative estimate of drug-likeness (QED) is 0.443. The zero-order chi connectivity index (χ0) is 15.3. The SMILES string of the molecule is C/C=C(/C)C(N)=C(C)C.CC1C=CCS1.CC=C=O. The topological polar surface area (TPSA) is 43.1 Å². The van der Waals surface area contributed by atoms with Gasteiger partial charge in [-0.1, -0.05) is 23.8 Å². The van der Waals surface area contributed by atoms with E-state index in [0.29, 0.717) is 0 Å². The van der Waals surface area contributed by atoms with Crippen molar-refractivity contribution in [3.05, 3.63) is 41.1 Å². The summed E-state index contributed by atoms with van der Waals surface area (Å²) in [5, 5.41) is 0.782. The van der Waals surface area contributed by atoms with Crippen molar-refractivity contribution in [2.24, 2.45) is 5.73 Å². The van der Waals surface area contributed by atoms with E-state index in [2.05, 4.69) is 19.1 Å². The molecule has 0 amide bonds. The summed E-state index contributed by atoms with van der Waals surface area (Å²) in [6.07, 6.45) is 7.79. The molecule has 0 spiro atoms. The molecule has 0 radical (unpaired) electrons. The van der Waals surface area contributed by atoms with Crippen molar-refractivity contribution in [2.45, 2.75) is 46.8 Å². The van der Waals surface area contributed by atoms with Gasteiger partial charge in [-0.3, -0.25) is 0 Å². The third kappa shape index (κ3) is 13.1. The largest absolute Gasteiger partial charge is 0.399 e. The van der Waals surface area contributed by atoms with Crippen molar-refractivity contribution < 1.29 is 4.79 Å². The highest BCUT2D eigenvalue weighted by atomic mass is 32.2. The lowest BCUT2D eigenvalue weighted by Gasteiger charge is -2.01. The molecule has 0 aromatic heterocycles. The molecule has 0 fully saturated rings. The van der Waals surface area contributed by atoms with Crippen LogP contribution in [0.25, 0.3) is 0 Å². The second-order valence-electron chi connectivity index (χ2n) is 4.26. The van der Waals surface area contributed by atoms with Crippen LogP contribution in [0, 0.1) is 0 Å². The maximum atomic E-state index is 8.99. The number of hydrogen-bond acceptors (Lipinski definition) is 3. The Bertz CT molecular complexity index is 370. The third-order valence-electron chi connectivity index (χ3n) is 2.38. The normalized spacial score (nSPS) is 16.3. The van der Waals surface area contributed by atoms with Crippen LogP contribution in [0.5, 0.6) is 0 Å². The summed E-state index contributed by atoms with van der Waals surface area (Å²) in [6.45, 7) is 11.9. The predicted octanol–water partition coefficient (Wildman–Crippen LogP) is 4.28. The summed E-state index contributed by atoms with van der Waals surface area (Å²) in [5.74, 6) is 2.78. The van der Waals surface area contributed by atoms with E-state index in [0.717, 1.165) is 16.5 Å². The van der Waals surface area contributed by atoms with E-state index >= 15 is 0 Å². The fourth-order valence-electron chi connectivity index (χ4n) is 1.06. The Labute approximate surface area is 122 Å². The van der Waals surface area contributed by atoms with Crippen molar-refractivity contribution in [2.75, 3.05) is 5.75 Å². The van der Waals surface area contributed by atoms with Crippen LogP contribution in [0.1, 0.15) is 41.5 Å². The second kappa shape index (κ2) is 13.3. The van der Waals surface area contributed by atoms with Gasteiger partial charge < -0.3 is 5.73 Å². The summed E-state index contributed by atoms with van der Waals surface area (Å²) >= 11 is 1.99. The van der Waals surface area contributed by atoms with Gasteiger partial charge in [0.15, 0.2) is 0 Å². The minimum atomic E-state index is 0.782. The molecule has 1 aliphatic rings. The average Bonchev–Trinajstić information content (AvgIpc) is 2.88. The molecule has 108 valence electrons. The molecule has 0 saturated carbocycles. The number of thioether (sulfide) groups is 1. The Morgan fingerprint density at radius 3 is 2.00 bits per heavy atom. The molecule has 0 aromatic rings. The number of rotatable bonds is 1. The zero-order valence-electron chi connectivity index (χ0n) is 13.0. The molecule has 1 rings (SSSR count). The molecular weight excluding hydrogens is 254 g/mol. The standard InChI is InChI=1S/C8H15N.C5H8S.C3H4O/c1-5-7(4)8(9)6(2)3;1-5-3-2-4-6-5;1-2-3-4/h5H,9H2,1-4H3;2-3,5H,4H2,1H3;2H,1H3/b7-5-;;. The van der Waals surface area contributed by atoms with Crippen LogP contribution in [-0.2, 0) is 4.79 Å². The van der Waals surface area contributed by atoms with Crippen molar-refractivity contribution >= 4 is 17.7 Å². The van der Waals surface area contributed by atoms with E-state index in [1.165, 1.54) is 17.4 Å². The van der Waals surface area contributed by atoms with Crippen LogP contribution in [-0.4, -0.2) is 16.9 Å². The minimum absolute atomic E-state index is 0.782. The zero-order valence-corrected chi connectivity index (χ0v) is 13.8. The molecule has 0 aliphatic carbocycles. The first-order chi connectivity index (χ1) is 8.90. The fourth-order valence-corrected chi connectivity index (χ4v) is 1.81.